The van der Waals surface area contributed by atoms with Crippen molar-refractivity contribution < 1.29 is 4.74 Å². The zero-order valence-electron chi connectivity index (χ0n) is 14.0. The molecule has 23 heavy (non-hydrogen) atoms. The van der Waals surface area contributed by atoms with E-state index < -0.39 is 0 Å². The van der Waals surface area contributed by atoms with Crippen molar-refractivity contribution in [2.75, 3.05) is 12.4 Å². The smallest absolute Gasteiger partial charge is 0.193 e. The van der Waals surface area contributed by atoms with Crippen molar-refractivity contribution in [3.8, 4) is 5.75 Å². The maximum atomic E-state index is 5.96. The summed E-state index contributed by atoms with van der Waals surface area (Å²) in [5, 5.41) is 3.12. The number of nitrogens with zero attached hydrogens (tertiary/aromatic N) is 1. The second-order valence-electron chi connectivity index (χ2n) is 5.48. The van der Waals surface area contributed by atoms with Crippen molar-refractivity contribution in [1.29, 1.82) is 0 Å². The molecule has 0 saturated heterocycles. The van der Waals surface area contributed by atoms with Gasteiger partial charge < -0.3 is 15.8 Å². The third kappa shape index (κ3) is 5.74. The Kier molecular flexibility index (Phi) is 7.35. The number of halogens is 1. The normalized spacial score (nSPS) is 10.9. The first-order chi connectivity index (χ1) is 10.5. The molecule has 0 amide bonds. The highest BCUT2D eigenvalue weighted by molar-refractivity contribution is 14.0. The average molecular weight is 425 g/mol. The van der Waals surface area contributed by atoms with E-state index in [0.29, 0.717) is 12.5 Å². The Morgan fingerprint density at radius 3 is 2.48 bits per heavy atom. The monoisotopic (exact) mass is 425 g/mol. The van der Waals surface area contributed by atoms with E-state index in [2.05, 4.69) is 42.4 Å². The third-order valence-electron chi connectivity index (χ3n) is 3.56. The number of hydrogen-bond acceptors (Lipinski definition) is 2. The van der Waals surface area contributed by atoms with Crippen LogP contribution in [0.1, 0.15) is 22.3 Å². The maximum Gasteiger partial charge on any atom is 0.193 e. The van der Waals surface area contributed by atoms with Crippen LogP contribution in [-0.2, 0) is 6.54 Å². The molecule has 0 aliphatic heterocycles. The van der Waals surface area contributed by atoms with E-state index in [0.717, 1.165) is 22.6 Å². The summed E-state index contributed by atoms with van der Waals surface area (Å²) < 4.78 is 5.27. The molecule has 0 spiro atoms. The first-order valence-electron chi connectivity index (χ1n) is 7.26. The van der Waals surface area contributed by atoms with Gasteiger partial charge in [-0.05, 0) is 67.3 Å². The Hall–Kier alpha value is -1.76. The number of anilines is 1. The molecule has 0 bridgehead atoms. The van der Waals surface area contributed by atoms with Gasteiger partial charge in [-0.25, -0.2) is 4.99 Å². The molecule has 2 aromatic carbocycles. The predicted molar refractivity (Wildman–Crippen MR) is 108 cm³/mol. The van der Waals surface area contributed by atoms with Crippen LogP contribution in [0.15, 0.2) is 41.4 Å². The second-order valence-corrected chi connectivity index (χ2v) is 5.48. The lowest BCUT2D eigenvalue weighted by Gasteiger charge is -2.09. The van der Waals surface area contributed by atoms with Gasteiger partial charge in [-0.1, -0.05) is 12.1 Å². The van der Waals surface area contributed by atoms with Crippen LogP contribution in [0.5, 0.6) is 5.75 Å². The van der Waals surface area contributed by atoms with Crippen LogP contribution in [0.4, 0.5) is 5.69 Å². The van der Waals surface area contributed by atoms with Crippen LogP contribution in [0.3, 0.4) is 0 Å². The Labute approximate surface area is 155 Å². The molecule has 0 saturated carbocycles. The number of rotatable bonds is 4. The fraction of sp³-hybridized carbons (Fsp3) is 0.278. The first-order valence-corrected chi connectivity index (χ1v) is 7.26. The number of hydrogen-bond donors (Lipinski definition) is 2. The number of nitrogens with one attached hydrogen (secondary N) is 1. The van der Waals surface area contributed by atoms with Crippen LogP contribution in [-0.4, -0.2) is 13.1 Å². The number of nitrogens with two attached hydrogens (primary N) is 1. The van der Waals surface area contributed by atoms with Gasteiger partial charge in [-0.3, -0.25) is 0 Å². The minimum absolute atomic E-state index is 0. The Balaban J connectivity index is 0.00000264. The van der Waals surface area contributed by atoms with Crippen molar-refractivity contribution in [2.45, 2.75) is 27.3 Å². The number of ether oxygens (including phenoxy) is 1. The van der Waals surface area contributed by atoms with Gasteiger partial charge in [0.2, 0.25) is 0 Å². The summed E-state index contributed by atoms with van der Waals surface area (Å²) in [6, 6.07) is 12.2. The highest BCUT2D eigenvalue weighted by Crippen LogP contribution is 2.17. The molecule has 0 aliphatic rings. The molecule has 0 aliphatic carbocycles. The third-order valence-corrected chi connectivity index (χ3v) is 3.56. The second kappa shape index (κ2) is 8.76. The lowest BCUT2D eigenvalue weighted by Crippen LogP contribution is -2.22. The molecule has 2 rings (SSSR count). The zero-order valence-corrected chi connectivity index (χ0v) is 16.3. The fourth-order valence-corrected chi connectivity index (χ4v) is 2.22. The lowest BCUT2D eigenvalue weighted by atomic mass is 10.1. The highest BCUT2D eigenvalue weighted by Gasteiger charge is 2.00. The summed E-state index contributed by atoms with van der Waals surface area (Å²) >= 11 is 0. The van der Waals surface area contributed by atoms with Gasteiger partial charge in [0, 0.05) is 5.69 Å². The predicted octanol–water partition coefficient (Wildman–Crippen LogP) is 4.17. The molecule has 4 nitrogen and oxygen atoms in total. The molecule has 3 N–H and O–H groups in total. The van der Waals surface area contributed by atoms with E-state index in [4.69, 9.17) is 10.5 Å². The van der Waals surface area contributed by atoms with Gasteiger partial charge in [0.15, 0.2) is 5.96 Å². The Morgan fingerprint density at radius 2 is 1.83 bits per heavy atom. The summed E-state index contributed by atoms with van der Waals surface area (Å²) in [5.74, 6) is 1.25. The van der Waals surface area contributed by atoms with E-state index in [1.165, 1.54) is 11.1 Å². The molecular formula is C18H24IN3O. The van der Waals surface area contributed by atoms with E-state index in [9.17, 15) is 0 Å². The van der Waals surface area contributed by atoms with E-state index in [-0.39, 0.29) is 24.0 Å². The van der Waals surface area contributed by atoms with E-state index in [1.54, 1.807) is 7.11 Å². The lowest BCUT2D eigenvalue weighted by molar-refractivity contribution is 0.414. The largest absolute Gasteiger partial charge is 0.497 e. The number of guanidine groups is 1. The Morgan fingerprint density at radius 1 is 1.09 bits per heavy atom. The minimum Gasteiger partial charge on any atom is -0.497 e. The maximum absolute atomic E-state index is 5.96. The molecule has 2 aromatic rings. The van der Waals surface area contributed by atoms with Crippen LogP contribution in [0.25, 0.3) is 0 Å². The Bertz CT molecular complexity index is 699. The van der Waals surface area contributed by atoms with Gasteiger partial charge >= 0.3 is 0 Å². The molecule has 0 aromatic heterocycles. The molecule has 124 valence electrons. The number of aliphatic imine (C=N–C) groups is 1. The molecule has 0 fully saturated rings. The summed E-state index contributed by atoms with van der Waals surface area (Å²) in [6.07, 6.45) is 0. The average Bonchev–Trinajstić information content (AvgIpc) is 2.48. The van der Waals surface area contributed by atoms with E-state index >= 15 is 0 Å². The molecular weight excluding hydrogens is 401 g/mol. The minimum atomic E-state index is 0. The van der Waals surface area contributed by atoms with Crippen molar-refractivity contribution in [3.05, 3.63) is 58.7 Å². The summed E-state index contributed by atoms with van der Waals surface area (Å²) in [7, 11) is 1.66. The molecule has 0 atom stereocenters. The standard InChI is InChI=1S/C18H23N3O.HI/c1-12-7-15(10-17(8-12)22-4)11-20-18(19)21-16-6-5-13(2)14(3)9-16;/h5-10H,11H2,1-4H3,(H3,19,20,21);1H. The topological polar surface area (TPSA) is 59.6 Å². The molecule has 0 heterocycles. The zero-order chi connectivity index (χ0) is 16.1. The van der Waals surface area contributed by atoms with Gasteiger partial charge in [-0.15, -0.1) is 24.0 Å². The van der Waals surface area contributed by atoms with Crippen molar-refractivity contribution in [2.24, 2.45) is 10.7 Å². The number of methoxy groups -OCH3 is 1. The van der Waals surface area contributed by atoms with Crippen LogP contribution >= 0.6 is 24.0 Å². The quantitative estimate of drug-likeness (QED) is 0.439. The summed E-state index contributed by atoms with van der Waals surface area (Å²) in [5.41, 5.74) is 11.6. The van der Waals surface area contributed by atoms with Crippen LogP contribution in [0.2, 0.25) is 0 Å². The molecule has 5 heteroatoms. The highest BCUT2D eigenvalue weighted by atomic mass is 127. The van der Waals surface area contributed by atoms with Gasteiger partial charge in [0.1, 0.15) is 5.75 Å². The van der Waals surface area contributed by atoms with Gasteiger partial charge in [-0.2, -0.15) is 0 Å². The van der Waals surface area contributed by atoms with Crippen LogP contribution in [0, 0.1) is 20.8 Å². The SMILES string of the molecule is COc1cc(C)cc(CN=C(N)Nc2ccc(C)c(C)c2)c1.I. The summed E-state index contributed by atoms with van der Waals surface area (Å²) in [4.78, 5) is 4.39. The molecule has 0 radical (unpaired) electrons. The van der Waals surface area contributed by atoms with Crippen LogP contribution < -0.4 is 15.8 Å². The van der Waals surface area contributed by atoms with Crippen molar-refractivity contribution in [1.82, 2.24) is 0 Å². The van der Waals surface area contributed by atoms with Gasteiger partial charge in [0.25, 0.3) is 0 Å². The fourth-order valence-electron chi connectivity index (χ4n) is 2.22. The first kappa shape index (κ1) is 19.3. The summed E-state index contributed by atoms with van der Waals surface area (Å²) in [6.45, 7) is 6.71. The van der Waals surface area contributed by atoms with Gasteiger partial charge in [0.05, 0.1) is 13.7 Å². The van der Waals surface area contributed by atoms with Crippen molar-refractivity contribution >= 4 is 35.6 Å². The van der Waals surface area contributed by atoms with Crippen molar-refractivity contribution in [3.63, 3.8) is 0 Å². The molecule has 0 unspecified atom stereocenters. The van der Waals surface area contributed by atoms with E-state index in [1.807, 2.05) is 25.1 Å². The number of aryl methyl sites for hydroxylation is 3. The number of benzene rings is 2.